The van der Waals surface area contributed by atoms with Gasteiger partial charge in [0.1, 0.15) is 6.04 Å². The zero-order chi connectivity index (χ0) is 17.8. The van der Waals surface area contributed by atoms with Crippen molar-refractivity contribution in [3.63, 3.8) is 0 Å². The number of aromatic nitrogens is 1. The van der Waals surface area contributed by atoms with Crippen LogP contribution in [0.5, 0.6) is 0 Å². The highest BCUT2D eigenvalue weighted by Gasteiger charge is 2.31. The molecule has 1 aromatic heterocycles. The van der Waals surface area contributed by atoms with E-state index in [1.807, 2.05) is 0 Å². The highest BCUT2D eigenvalue weighted by molar-refractivity contribution is 7.99. The number of primary amides is 1. The third kappa shape index (κ3) is 6.09. The van der Waals surface area contributed by atoms with Crippen molar-refractivity contribution >= 4 is 23.6 Å². The Morgan fingerprint density at radius 2 is 1.91 bits per heavy atom. The Morgan fingerprint density at radius 3 is 2.30 bits per heavy atom. The monoisotopic (exact) mass is 349 g/mol. The second kappa shape index (κ2) is 7.20. The first-order valence-electron chi connectivity index (χ1n) is 6.66. The second-order valence-electron chi connectivity index (χ2n) is 5.94. The van der Waals surface area contributed by atoms with Crippen LogP contribution in [0.25, 0.3) is 0 Å². The number of halogens is 3. The van der Waals surface area contributed by atoms with E-state index < -0.39 is 35.0 Å². The number of nitrogens with zero attached hydrogens (tertiary/aromatic N) is 1. The minimum absolute atomic E-state index is 0.0851. The molecule has 1 unspecified atom stereocenters. The molecule has 0 aliphatic heterocycles. The molecule has 0 fully saturated rings. The molecular weight excluding hydrogens is 331 g/mol. The molecule has 128 valence electrons. The number of alkyl halides is 3. The van der Waals surface area contributed by atoms with Gasteiger partial charge in [-0.1, -0.05) is 32.5 Å². The average Bonchev–Trinajstić information content (AvgIpc) is 2.40. The van der Waals surface area contributed by atoms with Crippen molar-refractivity contribution in [2.24, 2.45) is 11.1 Å². The van der Waals surface area contributed by atoms with Crippen molar-refractivity contribution in [3.05, 3.63) is 23.9 Å². The Balaban J connectivity index is 2.61. The van der Waals surface area contributed by atoms with Crippen molar-refractivity contribution in [1.82, 2.24) is 10.3 Å². The first kappa shape index (κ1) is 19.3. The molecule has 0 bridgehead atoms. The molecule has 0 saturated carbocycles. The summed E-state index contributed by atoms with van der Waals surface area (Å²) >= 11 is 0.970. The van der Waals surface area contributed by atoms with Crippen LogP contribution in [-0.2, 0) is 15.8 Å². The summed E-state index contributed by atoms with van der Waals surface area (Å²) in [6.07, 6.45) is -3.74. The summed E-state index contributed by atoms with van der Waals surface area (Å²) in [5.41, 5.74) is 3.86. The summed E-state index contributed by atoms with van der Waals surface area (Å²) in [4.78, 5) is 26.9. The molecule has 3 N–H and O–H groups in total. The van der Waals surface area contributed by atoms with Gasteiger partial charge in [-0.25, -0.2) is 4.98 Å². The van der Waals surface area contributed by atoms with Crippen molar-refractivity contribution in [3.8, 4) is 0 Å². The van der Waals surface area contributed by atoms with Crippen LogP contribution >= 0.6 is 11.8 Å². The zero-order valence-electron chi connectivity index (χ0n) is 12.9. The number of nitrogens with one attached hydrogen (secondary N) is 1. The van der Waals surface area contributed by atoms with E-state index in [0.29, 0.717) is 6.20 Å². The van der Waals surface area contributed by atoms with Gasteiger partial charge < -0.3 is 11.1 Å². The van der Waals surface area contributed by atoms with Gasteiger partial charge in [0.05, 0.1) is 16.3 Å². The van der Waals surface area contributed by atoms with Gasteiger partial charge >= 0.3 is 6.18 Å². The third-order valence-electron chi connectivity index (χ3n) is 2.87. The molecule has 0 radical (unpaired) electrons. The fourth-order valence-electron chi connectivity index (χ4n) is 1.69. The number of nitrogens with two attached hydrogens (primary N) is 1. The summed E-state index contributed by atoms with van der Waals surface area (Å²) < 4.78 is 37.2. The van der Waals surface area contributed by atoms with Gasteiger partial charge in [0.2, 0.25) is 11.8 Å². The maximum Gasteiger partial charge on any atom is 0.417 e. The van der Waals surface area contributed by atoms with E-state index in [1.165, 1.54) is 6.07 Å². The minimum atomic E-state index is -4.45. The lowest BCUT2D eigenvalue weighted by molar-refractivity contribution is -0.137. The topological polar surface area (TPSA) is 85.1 Å². The molecule has 0 saturated heterocycles. The number of rotatable bonds is 5. The van der Waals surface area contributed by atoms with E-state index in [1.54, 1.807) is 20.8 Å². The van der Waals surface area contributed by atoms with Crippen LogP contribution in [0.15, 0.2) is 23.4 Å². The highest BCUT2D eigenvalue weighted by atomic mass is 32.2. The second-order valence-corrected chi connectivity index (χ2v) is 6.94. The third-order valence-corrected chi connectivity index (χ3v) is 3.81. The summed E-state index contributed by atoms with van der Waals surface area (Å²) in [5.74, 6) is -1.18. The van der Waals surface area contributed by atoms with E-state index in [9.17, 15) is 22.8 Å². The lowest BCUT2D eigenvalue weighted by atomic mass is 9.86. The number of carbonyl (C=O) groups excluding carboxylic acids is 2. The molecule has 5 nitrogen and oxygen atoms in total. The van der Waals surface area contributed by atoms with Crippen LogP contribution in [0.2, 0.25) is 0 Å². The Labute approximate surface area is 136 Å². The molecule has 23 heavy (non-hydrogen) atoms. The largest absolute Gasteiger partial charge is 0.417 e. The number of thioether (sulfide) groups is 1. The quantitative estimate of drug-likeness (QED) is 0.798. The lowest BCUT2D eigenvalue weighted by Crippen LogP contribution is -2.52. The Morgan fingerprint density at radius 1 is 1.30 bits per heavy atom. The average molecular weight is 349 g/mol. The van der Waals surface area contributed by atoms with Gasteiger partial charge in [0, 0.05) is 6.20 Å². The number of hydrogen-bond acceptors (Lipinski definition) is 4. The summed E-state index contributed by atoms with van der Waals surface area (Å²) in [5, 5.41) is 2.80. The van der Waals surface area contributed by atoms with Crippen molar-refractivity contribution < 1.29 is 22.8 Å². The molecule has 0 aliphatic rings. The molecule has 2 amide bonds. The molecule has 0 spiro atoms. The SMILES string of the molecule is CC(C)(C)C(NC(=O)CSc1ccc(C(F)(F)F)cn1)C(N)=O. The first-order chi connectivity index (χ1) is 10.4. The van der Waals surface area contributed by atoms with E-state index >= 15 is 0 Å². The predicted molar refractivity (Wildman–Crippen MR) is 80.5 cm³/mol. The normalized spacial score (nSPS) is 13.5. The fraction of sp³-hybridized carbons (Fsp3) is 0.500. The zero-order valence-corrected chi connectivity index (χ0v) is 13.7. The number of hydrogen-bond donors (Lipinski definition) is 2. The van der Waals surface area contributed by atoms with Gasteiger partial charge in [-0.05, 0) is 17.5 Å². The molecule has 1 atom stereocenters. The fourth-order valence-corrected chi connectivity index (χ4v) is 2.34. The van der Waals surface area contributed by atoms with E-state index in [2.05, 4.69) is 10.3 Å². The number of carbonyl (C=O) groups is 2. The summed E-state index contributed by atoms with van der Waals surface area (Å²) in [6.45, 7) is 5.27. The maximum atomic E-state index is 12.4. The van der Waals surface area contributed by atoms with Crippen LogP contribution in [0.4, 0.5) is 13.2 Å². The number of amides is 2. The Kier molecular flexibility index (Phi) is 6.04. The van der Waals surface area contributed by atoms with E-state index in [0.717, 1.165) is 17.8 Å². The highest BCUT2D eigenvalue weighted by Crippen LogP contribution is 2.29. The molecule has 9 heteroatoms. The molecule has 1 aromatic rings. The van der Waals surface area contributed by atoms with Gasteiger partial charge in [-0.15, -0.1) is 0 Å². The van der Waals surface area contributed by atoms with Crippen LogP contribution < -0.4 is 11.1 Å². The van der Waals surface area contributed by atoms with E-state index in [4.69, 9.17) is 5.73 Å². The van der Waals surface area contributed by atoms with Crippen molar-refractivity contribution in [2.75, 3.05) is 5.75 Å². The van der Waals surface area contributed by atoms with Gasteiger partial charge in [0.25, 0.3) is 0 Å². The Hall–Kier alpha value is -1.77. The van der Waals surface area contributed by atoms with Crippen LogP contribution in [-0.4, -0.2) is 28.6 Å². The molecule has 1 rings (SSSR count). The minimum Gasteiger partial charge on any atom is -0.368 e. The summed E-state index contributed by atoms with van der Waals surface area (Å²) in [7, 11) is 0. The predicted octanol–water partition coefficient (Wildman–Crippen LogP) is 2.21. The maximum absolute atomic E-state index is 12.4. The van der Waals surface area contributed by atoms with Gasteiger partial charge in [-0.2, -0.15) is 13.2 Å². The molecule has 0 aliphatic carbocycles. The van der Waals surface area contributed by atoms with Crippen LogP contribution in [0.1, 0.15) is 26.3 Å². The Bertz CT molecular complexity index is 568. The smallest absolute Gasteiger partial charge is 0.368 e. The van der Waals surface area contributed by atoms with E-state index in [-0.39, 0.29) is 10.8 Å². The molecular formula is C14H18F3N3O2S. The standard InChI is InChI=1S/C14H18F3N3O2S/c1-13(2,3)11(12(18)22)20-9(21)7-23-10-5-4-8(6-19-10)14(15,16)17/h4-6,11H,7H2,1-3H3,(H2,18,22)(H,20,21). The van der Waals surface area contributed by atoms with Crippen LogP contribution in [0.3, 0.4) is 0 Å². The first-order valence-corrected chi connectivity index (χ1v) is 7.64. The molecule has 1 heterocycles. The van der Waals surface area contributed by atoms with Gasteiger partial charge in [-0.3, -0.25) is 9.59 Å². The molecule has 0 aromatic carbocycles. The van der Waals surface area contributed by atoms with Crippen molar-refractivity contribution in [2.45, 2.75) is 38.0 Å². The van der Waals surface area contributed by atoms with Crippen LogP contribution in [0, 0.1) is 5.41 Å². The van der Waals surface area contributed by atoms with Gasteiger partial charge in [0.15, 0.2) is 0 Å². The van der Waals surface area contributed by atoms with Crippen molar-refractivity contribution in [1.29, 1.82) is 0 Å². The number of pyridine rings is 1. The lowest BCUT2D eigenvalue weighted by Gasteiger charge is -2.28. The summed E-state index contributed by atoms with van der Waals surface area (Å²) in [6, 6.07) is 1.25.